The van der Waals surface area contributed by atoms with Crippen LogP contribution in [0.2, 0.25) is 0 Å². The van der Waals surface area contributed by atoms with Crippen molar-refractivity contribution >= 4 is 17.8 Å². The minimum Gasteiger partial charge on any atom is -0.492 e. The number of fused-ring (bicyclic) bond motifs is 2. The second kappa shape index (κ2) is 5.73. The SMILES string of the molecule is CCc1cc2c(c(C(=O)ON3C(=O)c4ccccc4C3=O)c1)OCC2. The number of imide groups is 1. The van der Waals surface area contributed by atoms with Crippen molar-refractivity contribution in [1.82, 2.24) is 5.06 Å². The molecule has 2 aliphatic heterocycles. The highest BCUT2D eigenvalue weighted by Crippen LogP contribution is 2.33. The van der Waals surface area contributed by atoms with Crippen molar-refractivity contribution in [3.05, 3.63) is 64.2 Å². The van der Waals surface area contributed by atoms with Gasteiger partial charge in [-0.25, -0.2) is 4.79 Å². The maximum atomic E-state index is 12.6. The average molecular weight is 337 g/mol. The average Bonchev–Trinajstić information content (AvgIpc) is 3.20. The van der Waals surface area contributed by atoms with Gasteiger partial charge >= 0.3 is 5.97 Å². The molecule has 6 nitrogen and oxygen atoms in total. The summed E-state index contributed by atoms with van der Waals surface area (Å²) in [6.07, 6.45) is 1.47. The summed E-state index contributed by atoms with van der Waals surface area (Å²) in [6.45, 7) is 2.48. The third kappa shape index (κ3) is 2.38. The van der Waals surface area contributed by atoms with Crippen molar-refractivity contribution in [3.8, 4) is 5.75 Å². The van der Waals surface area contributed by atoms with E-state index >= 15 is 0 Å². The van der Waals surface area contributed by atoms with Gasteiger partial charge in [-0.3, -0.25) is 9.59 Å². The molecule has 0 unspecified atom stereocenters. The third-order valence-corrected chi connectivity index (χ3v) is 4.40. The molecule has 0 fully saturated rings. The van der Waals surface area contributed by atoms with Crippen molar-refractivity contribution in [2.75, 3.05) is 6.61 Å². The van der Waals surface area contributed by atoms with E-state index in [1.54, 1.807) is 18.2 Å². The lowest BCUT2D eigenvalue weighted by Gasteiger charge is -2.15. The summed E-state index contributed by atoms with van der Waals surface area (Å²) in [5.74, 6) is -1.59. The van der Waals surface area contributed by atoms with Gasteiger partial charge in [0.25, 0.3) is 11.8 Å². The molecule has 126 valence electrons. The molecule has 2 heterocycles. The van der Waals surface area contributed by atoms with E-state index in [2.05, 4.69) is 0 Å². The Hall–Kier alpha value is -3.15. The minimum absolute atomic E-state index is 0.226. The summed E-state index contributed by atoms with van der Waals surface area (Å²) in [7, 11) is 0. The molecular weight excluding hydrogens is 322 g/mol. The first-order valence-corrected chi connectivity index (χ1v) is 8.09. The Labute approximate surface area is 143 Å². The van der Waals surface area contributed by atoms with Crippen molar-refractivity contribution in [1.29, 1.82) is 0 Å². The molecule has 0 saturated heterocycles. The first kappa shape index (κ1) is 15.4. The Kier molecular flexibility index (Phi) is 3.53. The van der Waals surface area contributed by atoms with Crippen LogP contribution in [0.25, 0.3) is 0 Å². The van der Waals surface area contributed by atoms with Gasteiger partial charge in [0.15, 0.2) is 0 Å². The summed E-state index contributed by atoms with van der Waals surface area (Å²) in [5.41, 5.74) is 2.60. The summed E-state index contributed by atoms with van der Waals surface area (Å²) < 4.78 is 5.54. The molecule has 0 radical (unpaired) electrons. The quantitative estimate of drug-likeness (QED) is 0.805. The van der Waals surface area contributed by atoms with Crippen LogP contribution in [0.4, 0.5) is 0 Å². The zero-order valence-corrected chi connectivity index (χ0v) is 13.6. The fraction of sp³-hybridized carbons (Fsp3) is 0.211. The Bertz CT molecular complexity index is 883. The van der Waals surface area contributed by atoms with Gasteiger partial charge in [-0.05, 0) is 35.7 Å². The molecule has 0 spiro atoms. The molecule has 2 amide bonds. The standard InChI is InChI=1S/C19H15NO5/c1-2-11-9-12-7-8-24-16(12)15(10-11)19(23)25-20-17(21)13-5-3-4-6-14(13)18(20)22/h3-6,9-10H,2,7-8H2,1H3. The topological polar surface area (TPSA) is 72.9 Å². The fourth-order valence-electron chi connectivity index (χ4n) is 3.11. The molecule has 0 saturated carbocycles. The van der Waals surface area contributed by atoms with Crippen LogP contribution in [-0.4, -0.2) is 29.5 Å². The summed E-state index contributed by atoms with van der Waals surface area (Å²) in [5, 5.41) is 0.521. The Balaban J connectivity index is 1.65. The van der Waals surface area contributed by atoms with E-state index in [9.17, 15) is 14.4 Å². The fourth-order valence-corrected chi connectivity index (χ4v) is 3.11. The molecular formula is C19H15NO5. The van der Waals surface area contributed by atoms with Gasteiger partial charge in [0.05, 0.1) is 17.7 Å². The van der Waals surface area contributed by atoms with Crippen LogP contribution in [-0.2, 0) is 17.7 Å². The Morgan fingerprint density at radius 3 is 2.48 bits per heavy atom. The van der Waals surface area contributed by atoms with Crippen LogP contribution in [0.5, 0.6) is 5.75 Å². The molecule has 4 rings (SSSR count). The number of nitrogens with zero attached hydrogens (tertiary/aromatic N) is 1. The molecule has 25 heavy (non-hydrogen) atoms. The van der Waals surface area contributed by atoms with E-state index in [0.717, 1.165) is 24.0 Å². The van der Waals surface area contributed by atoms with E-state index < -0.39 is 17.8 Å². The summed E-state index contributed by atoms with van der Waals surface area (Å²) in [6, 6.07) is 10.1. The smallest absolute Gasteiger partial charge is 0.367 e. The number of amides is 2. The first-order chi connectivity index (χ1) is 12.1. The normalized spacial score (nSPS) is 15.0. The highest BCUT2D eigenvalue weighted by Gasteiger charge is 2.39. The number of carbonyl (C=O) groups is 3. The Morgan fingerprint density at radius 2 is 1.84 bits per heavy atom. The Morgan fingerprint density at radius 1 is 1.16 bits per heavy atom. The number of rotatable bonds is 3. The third-order valence-electron chi connectivity index (χ3n) is 4.40. The number of hydrogen-bond donors (Lipinski definition) is 0. The first-order valence-electron chi connectivity index (χ1n) is 8.09. The molecule has 2 aromatic rings. The van der Waals surface area contributed by atoms with Crippen LogP contribution >= 0.6 is 0 Å². The van der Waals surface area contributed by atoms with Gasteiger partial charge in [0.1, 0.15) is 11.3 Å². The van der Waals surface area contributed by atoms with Crippen LogP contribution in [0.15, 0.2) is 36.4 Å². The maximum Gasteiger partial charge on any atom is 0.367 e. The number of benzene rings is 2. The van der Waals surface area contributed by atoms with Gasteiger partial charge in [0.2, 0.25) is 0 Å². The van der Waals surface area contributed by atoms with Crippen molar-refractivity contribution in [2.45, 2.75) is 19.8 Å². The van der Waals surface area contributed by atoms with E-state index in [4.69, 9.17) is 9.57 Å². The maximum absolute atomic E-state index is 12.6. The van der Waals surface area contributed by atoms with Crippen LogP contribution in [0, 0.1) is 0 Å². The van der Waals surface area contributed by atoms with Crippen molar-refractivity contribution in [2.24, 2.45) is 0 Å². The monoisotopic (exact) mass is 337 g/mol. The predicted molar refractivity (Wildman–Crippen MR) is 87.4 cm³/mol. The lowest BCUT2D eigenvalue weighted by atomic mass is 10.0. The van der Waals surface area contributed by atoms with Gasteiger partial charge < -0.3 is 9.57 Å². The minimum atomic E-state index is -0.775. The summed E-state index contributed by atoms with van der Waals surface area (Å²) in [4.78, 5) is 42.4. The molecule has 2 aromatic carbocycles. The molecule has 6 heteroatoms. The van der Waals surface area contributed by atoms with Gasteiger partial charge in [-0.15, -0.1) is 0 Å². The molecule has 0 bridgehead atoms. The van der Waals surface area contributed by atoms with Crippen LogP contribution in [0.3, 0.4) is 0 Å². The number of hydrogen-bond acceptors (Lipinski definition) is 5. The van der Waals surface area contributed by atoms with E-state index in [-0.39, 0.29) is 16.7 Å². The number of ether oxygens (including phenoxy) is 1. The molecule has 0 aliphatic carbocycles. The number of carbonyl (C=O) groups excluding carboxylic acids is 3. The van der Waals surface area contributed by atoms with Gasteiger partial charge in [-0.1, -0.05) is 30.2 Å². The molecule has 0 aromatic heterocycles. The van der Waals surface area contributed by atoms with Crippen LogP contribution < -0.4 is 4.74 Å². The lowest BCUT2D eigenvalue weighted by Crippen LogP contribution is -2.32. The zero-order valence-electron chi connectivity index (χ0n) is 13.6. The number of hydroxylamine groups is 2. The lowest BCUT2D eigenvalue weighted by molar-refractivity contribution is -0.0586. The second-order valence-electron chi connectivity index (χ2n) is 5.91. The highest BCUT2D eigenvalue weighted by atomic mass is 16.7. The highest BCUT2D eigenvalue weighted by molar-refractivity contribution is 6.21. The van der Waals surface area contributed by atoms with Crippen LogP contribution in [0.1, 0.15) is 49.1 Å². The van der Waals surface area contributed by atoms with E-state index in [1.807, 2.05) is 13.0 Å². The van der Waals surface area contributed by atoms with Crippen molar-refractivity contribution in [3.63, 3.8) is 0 Å². The van der Waals surface area contributed by atoms with E-state index in [1.165, 1.54) is 12.1 Å². The predicted octanol–water partition coefficient (Wildman–Crippen LogP) is 2.55. The van der Waals surface area contributed by atoms with E-state index in [0.29, 0.717) is 17.4 Å². The zero-order chi connectivity index (χ0) is 17.6. The summed E-state index contributed by atoms with van der Waals surface area (Å²) >= 11 is 0. The largest absolute Gasteiger partial charge is 0.492 e. The van der Waals surface area contributed by atoms with Gasteiger partial charge in [-0.2, -0.15) is 0 Å². The molecule has 0 atom stereocenters. The second-order valence-corrected chi connectivity index (χ2v) is 5.91. The molecule has 0 N–H and O–H groups in total. The molecule has 2 aliphatic rings. The van der Waals surface area contributed by atoms with Crippen molar-refractivity contribution < 1.29 is 24.0 Å². The number of aryl methyl sites for hydroxylation is 1. The van der Waals surface area contributed by atoms with Gasteiger partial charge in [0, 0.05) is 6.42 Å².